The highest BCUT2D eigenvalue weighted by atomic mass is 32.2. The Morgan fingerprint density at radius 1 is 1.06 bits per heavy atom. The van der Waals surface area contributed by atoms with E-state index in [4.69, 9.17) is 0 Å². The van der Waals surface area contributed by atoms with Crippen molar-refractivity contribution in [3.63, 3.8) is 0 Å². The largest absolute Gasteiger partial charge is 0.322 e. The number of carbonyl (C=O) groups excluding carboxylic acids is 3. The molecule has 6 nitrogen and oxygen atoms in total. The Morgan fingerprint density at radius 3 is 2.55 bits per heavy atom. The second-order valence-corrected chi connectivity index (χ2v) is 9.46. The molecule has 0 aromatic heterocycles. The number of rotatable bonds is 12. The topological polar surface area (TPSA) is 69.7 Å². The first-order valence-electron chi connectivity index (χ1n) is 11.7. The number of nitrogens with one attached hydrogen (secondary N) is 1. The van der Waals surface area contributed by atoms with E-state index in [-0.39, 0.29) is 24.1 Å². The van der Waals surface area contributed by atoms with Gasteiger partial charge in [-0.2, -0.15) is 0 Å². The standard InChI is InChI=1S/C24H35N3O3S/c1-3-26(4-2)15-8-6-5-7-9-16-31-21-12-10-11-18-19(21)17-27(24(18)30)20-13-14-22(28)25-23(20)29/h10-12,20H,3-9,13-17H2,1-2H3,(H,25,28,29). The summed E-state index contributed by atoms with van der Waals surface area (Å²) < 4.78 is 0. The lowest BCUT2D eigenvalue weighted by molar-refractivity contribution is -0.136. The van der Waals surface area contributed by atoms with Crippen molar-refractivity contribution in [3.8, 4) is 0 Å². The van der Waals surface area contributed by atoms with Crippen molar-refractivity contribution < 1.29 is 14.4 Å². The third-order valence-electron chi connectivity index (χ3n) is 6.31. The zero-order valence-corrected chi connectivity index (χ0v) is 19.6. The molecule has 2 heterocycles. The van der Waals surface area contributed by atoms with Gasteiger partial charge >= 0.3 is 0 Å². The number of imide groups is 1. The predicted molar refractivity (Wildman–Crippen MR) is 124 cm³/mol. The molecule has 0 spiro atoms. The fraction of sp³-hybridized carbons (Fsp3) is 0.625. The molecule has 1 unspecified atom stereocenters. The molecule has 1 aromatic carbocycles. The number of amides is 3. The second kappa shape index (κ2) is 11.7. The molecule has 1 N–H and O–H groups in total. The van der Waals surface area contributed by atoms with Crippen molar-refractivity contribution >= 4 is 29.5 Å². The van der Waals surface area contributed by atoms with Crippen LogP contribution in [0.1, 0.15) is 74.7 Å². The monoisotopic (exact) mass is 445 g/mol. The summed E-state index contributed by atoms with van der Waals surface area (Å²) in [6.45, 7) is 8.37. The minimum Gasteiger partial charge on any atom is -0.322 e. The molecule has 1 fully saturated rings. The van der Waals surface area contributed by atoms with Gasteiger partial charge in [-0.1, -0.05) is 39.2 Å². The lowest BCUT2D eigenvalue weighted by atomic mass is 10.0. The molecule has 0 bridgehead atoms. The van der Waals surface area contributed by atoms with Gasteiger partial charge in [0.2, 0.25) is 11.8 Å². The van der Waals surface area contributed by atoms with Crippen LogP contribution in [0.5, 0.6) is 0 Å². The lowest BCUT2D eigenvalue weighted by Gasteiger charge is -2.29. The molecule has 170 valence electrons. The first kappa shape index (κ1) is 23.8. The van der Waals surface area contributed by atoms with E-state index < -0.39 is 6.04 Å². The summed E-state index contributed by atoms with van der Waals surface area (Å²) in [4.78, 5) is 41.8. The number of hydrogen-bond acceptors (Lipinski definition) is 5. The summed E-state index contributed by atoms with van der Waals surface area (Å²) in [7, 11) is 0. The fourth-order valence-corrected chi connectivity index (χ4v) is 5.47. The highest BCUT2D eigenvalue weighted by Gasteiger charge is 2.39. The van der Waals surface area contributed by atoms with Crippen LogP contribution in [-0.4, -0.2) is 59.0 Å². The van der Waals surface area contributed by atoms with Gasteiger partial charge in [-0.05, 0) is 62.3 Å². The molecule has 31 heavy (non-hydrogen) atoms. The summed E-state index contributed by atoms with van der Waals surface area (Å²) >= 11 is 1.81. The molecule has 2 aliphatic heterocycles. The molecular formula is C24H35N3O3S. The molecule has 3 amide bonds. The van der Waals surface area contributed by atoms with Gasteiger partial charge in [0.15, 0.2) is 0 Å². The zero-order chi connectivity index (χ0) is 22.2. The number of thioether (sulfide) groups is 1. The van der Waals surface area contributed by atoms with Gasteiger partial charge in [0.05, 0.1) is 0 Å². The van der Waals surface area contributed by atoms with Gasteiger partial charge in [0.25, 0.3) is 5.91 Å². The number of hydrogen-bond donors (Lipinski definition) is 1. The Hall–Kier alpha value is -1.86. The minimum absolute atomic E-state index is 0.0971. The smallest absolute Gasteiger partial charge is 0.255 e. The average Bonchev–Trinajstić information content (AvgIpc) is 3.10. The number of piperidine rings is 1. The molecule has 0 saturated carbocycles. The number of carbonyl (C=O) groups is 3. The van der Waals surface area contributed by atoms with Crippen molar-refractivity contribution in [2.45, 2.75) is 76.3 Å². The first-order valence-corrected chi connectivity index (χ1v) is 12.6. The van der Waals surface area contributed by atoms with Crippen LogP contribution in [0.25, 0.3) is 0 Å². The van der Waals surface area contributed by atoms with E-state index in [1.54, 1.807) is 4.90 Å². The summed E-state index contributed by atoms with van der Waals surface area (Å²) in [6, 6.07) is 5.31. The highest BCUT2D eigenvalue weighted by Crippen LogP contribution is 2.34. The molecule has 7 heteroatoms. The summed E-state index contributed by atoms with van der Waals surface area (Å²) in [5.41, 5.74) is 1.73. The second-order valence-electron chi connectivity index (χ2n) is 8.33. The number of nitrogens with zero attached hydrogens (tertiary/aromatic N) is 2. The maximum absolute atomic E-state index is 12.9. The van der Waals surface area contributed by atoms with Gasteiger partial charge < -0.3 is 9.80 Å². The highest BCUT2D eigenvalue weighted by molar-refractivity contribution is 7.99. The summed E-state index contributed by atoms with van der Waals surface area (Å²) in [6.07, 6.45) is 6.94. The molecule has 1 atom stereocenters. The molecule has 1 aromatic rings. The zero-order valence-electron chi connectivity index (χ0n) is 18.8. The lowest BCUT2D eigenvalue weighted by Crippen LogP contribution is -2.52. The van der Waals surface area contributed by atoms with Crippen LogP contribution in [0.15, 0.2) is 23.1 Å². The van der Waals surface area contributed by atoms with Crippen molar-refractivity contribution in [1.29, 1.82) is 0 Å². The van der Waals surface area contributed by atoms with Crippen molar-refractivity contribution in [2.24, 2.45) is 0 Å². The Labute approximate surface area is 190 Å². The van der Waals surface area contributed by atoms with Gasteiger partial charge in [-0.15, -0.1) is 11.8 Å². The predicted octanol–water partition coefficient (Wildman–Crippen LogP) is 3.83. The van der Waals surface area contributed by atoms with Crippen LogP contribution in [-0.2, 0) is 16.1 Å². The van der Waals surface area contributed by atoms with Crippen molar-refractivity contribution in [1.82, 2.24) is 15.1 Å². The number of benzene rings is 1. The molecular weight excluding hydrogens is 410 g/mol. The van der Waals surface area contributed by atoms with Crippen LogP contribution in [0, 0.1) is 0 Å². The van der Waals surface area contributed by atoms with Gasteiger partial charge in [-0.25, -0.2) is 0 Å². The number of unbranched alkanes of at least 4 members (excludes halogenated alkanes) is 4. The maximum atomic E-state index is 12.9. The first-order chi connectivity index (χ1) is 15.0. The quantitative estimate of drug-likeness (QED) is 0.301. The van der Waals surface area contributed by atoms with Gasteiger partial charge in [-0.3, -0.25) is 19.7 Å². The Balaban J connectivity index is 1.44. The molecule has 0 aliphatic carbocycles. The van der Waals surface area contributed by atoms with Crippen molar-refractivity contribution in [3.05, 3.63) is 29.3 Å². The van der Waals surface area contributed by atoms with Crippen LogP contribution in [0.4, 0.5) is 0 Å². The molecule has 1 saturated heterocycles. The van der Waals surface area contributed by atoms with E-state index in [1.165, 1.54) is 38.6 Å². The van der Waals surface area contributed by atoms with E-state index in [0.717, 1.165) is 29.3 Å². The third-order valence-corrected chi connectivity index (χ3v) is 7.50. The van der Waals surface area contributed by atoms with E-state index in [0.29, 0.717) is 18.5 Å². The van der Waals surface area contributed by atoms with Crippen LogP contribution >= 0.6 is 11.8 Å². The van der Waals surface area contributed by atoms with Gasteiger partial charge in [0.1, 0.15) is 6.04 Å². The number of fused-ring (bicyclic) bond motifs is 1. The van der Waals surface area contributed by atoms with E-state index in [2.05, 4.69) is 30.1 Å². The fourth-order valence-electron chi connectivity index (χ4n) is 4.38. The summed E-state index contributed by atoms with van der Waals surface area (Å²) in [5, 5.41) is 2.36. The normalized spacial score (nSPS) is 18.6. The van der Waals surface area contributed by atoms with Crippen LogP contribution in [0.2, 0.25) is 0 Å². The van der Waals surface area contributed by atoms with E-state index in [1.807, 2.05) is 23.9 Å². The van der Waals surface area contributed by atoms with Crippen molar-refractivity contribution in [2.75, 3.05) is 25.4 Å². The molecule has 2 aliphatic rings. The Morgan fingerprint density at radius 2 is 1.81 bits per heavy atom. The van der Waals surface area contributed by atoms with Crippen LogP contribution in [0.3, 0.4) is 0 Å². The average molecular weight is 446 g/mol. The SMILES string of the molecule is CCN(CC)CCCCCCCSc1cccc2c1CN(C1CCC(=O)NC1=O)C2=O. The van der Waals surface area contributed by atoms with Crippen LogP contribution < -0.4 is 5.32 Å². The third kappa shape index (κ3) is 6.10. The summed E-state index contributed by atoms with van der Waals surface area (Å²) in [5.74, 6) is 0.335. The maximum Gasteiger partial charge on any atom is 0.255 e. The minimum atomic E-state index is -0.549. The van der Waals surface area contributed by atoms with E-state index >= 15 is 0 Å². The van der Waals surface area contributed by atoms with Gasteiger partial charge in [0, 0.05) is 23.4 Å². The Kier molecular flexibility index (Phi) is 8.96. The molecule has 3 rings (SSSR count). The Bertz CT molecular complexity index is 794. The van der Waals surface area contributed by atoms with E-state index in [9.17, 15) is 14.4 Å². The molecule has 0 radical (unpaired) electrons.